The van der Waals surface area contributed by atoms with Gasteiger partial charge in [-0.25, -0.2) is 4.79 Å². The summed E-state index contributed by atoms with van der Waals surface area (Å²) in [6.07, 6.45) is 2.81. The number of carbonyl (C=O) groups excluding carboxylic acids is 3. The number of amides is 3. The standard InChI is InChI=1S/C21H38N4O3/c1-7-25(20(28)22-13-21(2,3)14-23(4)5)19(27)16-10-15-11-17(26)8-9-18(15)24(6)12-16/h15-16,18H,7-14H2,1-6H3,(H,22,28)/t15-,16?,18-/m1/s1. The van der Waals surface area contributed by atoms with Crippen molar-refractivity contribution in [1.82, 2.24) is 20.0 Å². The highest BCUT2D eigenvalue weighted by molar-refractivity contribution is 5.95. The first-order valence-corrected chi connectivity index (χ1v) is 10.5. The maximum Gasteiger partial charge on any atom is 0.324 e. The summed E-state index contributed by atoms with van der Waals surface area (Å²) in [5.41, 5.74) is -0.0810. The third-order valence-corrected chi connectivity index (χ3v) is 6.05. The number of fused-ring (bicyclic) bond motifs is 1. The Morgan fingerprint density at radius 1 is 1.29 bits per heavy atom. The Hall–Kier alpha value is -1.47. The average Bonchev–Trinajstić information content (AvgIpc) is 2.59. The fraction of sp³-hybridized carbons (Fsp3) is 0.857. The minimum Gasteiger partial charge on any atom is -0.337 e. The van der Waals surface area contributed by atoms with Crippen LogP contribution in [0, 0.1) is 17.3 Å². The Morgan fingerprint density at radius 3 is 2.57 bits per heavy atom. The molecule has 0 aromatic rings. The molecule has 1 N–H and O–H groups in total. The number of urea groups is 1. The Morgan fingerprint density at radius 2 is 1.96 bits per heavy atom. The second-order valence-corrected chi connectivity index (χ2v) is 9.62. The molecule has 1 saturated carbocycles. The zero-order valence-electron chi connectivity index (χ0n) is 18.5. The summed E-state index contributed by atoms with van der Waals surface area (Å²) in [4.78, 5) is 43.4. The van der Waals surface area contributed by atoms with Crippen LogP contribution in [0.3, 0.4) is 0 Å². The molecule has 2 fully saturated rings. The number of imide groups is 1. The van der Waals surface area contributed by atoms with Crippen LogP contribution in [0.2, 0.25) is 0 Å². The van der Waals surface area contributed by atoms with E-state index >= 15 is 0 Å². The number of Topliss-reactive ketones (excluding diaryl/α,β-unsaturated/α-hetero) is 1. The predicted octanol–water partition coefficient (Wildman–Crippen LogP) is 1.82. The van der Waals surface area contributed by atoms with Crippen LogP contribution in [0.25, 0.3) is 0 Å². The second kappa shape index (κ2) is 9.35. The molecule has 0 spiro atoms. The van der Waals surface area contributed by atoms with Gasteiger partial charge in [-0.05, 0) is 52.2 Å². The lowest BCUT2D eigenvalue weighted by Gasteiger charge is -2.45. The molecular weight excluding hydrogens is 356 g/mol. The van der Waals surface area contributed by atoms with Gasteiger partial charge < -0.3 is 15.1 Å². The van der Waals surface area contributed by atoms with Gasteiger partial charge in [0.05, 0.1) is 5.92 Å². The van der Waals surface area contributed by atoms with Crippen LogP contribution in [0.5, 0.6) is 0 Å². The van der Waals surface area contributed by atoms with Gasteiger partial charge in [0.2, 0.25) is 5.91 Å². The summed E-state index contributed by atoms with van der Waals surface area (Å²) in [6, 6.07) is 0.0707. The smallest absolute Gasteiger partial charge is 0.324 e. The highest BCUT2D eigenvalue weighted by Crippen LogP contribution is 2.36. The van der Waals surface area contributed by atoms with Crippen LogP contribution >= 0.6 is 0 Å². The van der Waals surface area contributed by atoms with Gasteiger partial charge in [0.15, 0.2) is 0 Å². The summed E-state index contributed by atoms with van der Waals surface area (Å²) in [5, 5.41) is 2.95. The minimum atomic E-state index is -0.316. The zero-order valence-corrected chi connectivity index (χ0v) is 18.5. The molecule has 3 atom stereocenters. The number of nitrogens with one attached hydrogen (secondary N) is 1. The summed E-state index contributed by atoms with van der Waals surface area (Å²) < 4.78 is 0. The molecular formula is C21H38N4O3. The van der Waals surface area contributed by atoms with E-state index in [0.717, 1.165) is 13.0 Å². The molecule has 2 rings (SSSR count). The van der Waals surface area contributed by atoms with Gasteiger partial charge in [-0.15, -0.1) is 0 Å². The van der Waals surface area contributed by atoms with E-state index in [2.05, 4.69) is 29.0 Å². The molecule has 1 heterocycles. The lowest BCUT2D eigenvalue weighted by atomic mass is 9.74. The van der Waals surface area contributed by atoms with E-state index < -0.39 is 0 Å². The maximum absolute atomic E-state index is 13.1. The Balaban J connectivity index is 1.98. The van der Waals surface area contributed by atoms with Gasteiger partial charge in [-0.1, -0.05) is 13.8 Å². The average molecular weight is 395 g/mol. The molecule has 0 bridgehead atoms. The van der Waals surface area contributed by atoms with Crippen LogP contribution in [-0.2, 0) is 9.59 Å². The van der Waals surface area contributed by atoms with E-state index in [4.69, 9.17) is 0 Å². The molecule has 3 amide bonds. The predicted molar refractivity (Wildman–Crippen MR) is 110 cm³/mol. The lowest BCUT2D eigenvalue weighted by molar-refractivity contribution is -0.138. The van der Waals surface area contributed by atoms with E-state index in [1.807, 2.05) is 28.1 Å². The molecule has 0 aromatic heterocycles. The van der Waals surface area contributed by atoms with Crippen molar-refractivity contribution in [3.05, 3.63) is 0 Å². The van der Waals surface area contributed by atoms with Crippen molar-refractivity contribution < 1.29 is 14.4 Å². The highest BCUT2D eigenvalue weighted by Gasteiger charge is 2.42. The number of piperidine rings is 1. The third kappa shape index (κ3) is 5.77. The van der Waals surface area contributed by atoms with Crippen molar-refractivity contribution in [1.29, 1.82) is 0 Å². The van der Waals surface area contributed by atoms with Crippen LogP contribution in [-0.4, -0.2) is 85.8 Å². The van der Waals surface area contributed by atoms with E-state index in [0.29, 0.717) is 50.7 Å². The van der Waals surface area contributed by atoms with Crippen molar-refractivity contribution in [2.24, 2.45) is 17.3 Å². The molecule has 7 heteroatoms. The van der Waals surface area contributed by atoms with Crippen LogP contribution in [0.4, 0.5) is 4.79 Å². The van der Waals surface area contributed by atoms with E-state index in [1.165, 1.54) is 4.90 Å². The largest absolute Gasteiger partial charge is 0.337 e. The van der Waals surface area contributed by atoms with E-state index in [1.54, 1.807) is 0 Å². The number of rotatable bonds is 6. The van der Waals surface area contributed by atoms with Gasteiger partial charge in [-0.2, -0.15) is 0 Å². The van der Waals surface area contributed by atoms with Gasteiger partial charge in [0, 0.05) is 45.1 Å². The number of nitrogens with zero attached hydrogens (tertiary/aromatic N) is 3. The summed E-state index contributed by atoms with van der Waals surface area (Å²) >= 11 is 0. The normalized spacial score (nSPS) is 26.1. The van der Waals surface area contributed by atoms with Gasteiger partial charge >= 0.3 is 6.03 Å². The summed E-state index contributed by atoms with van der Waals surface area (Å²) in [6.45, 7) is 8.40. The fourth-order valence-electron chi connectivity index (χ4n) is 4.94. The zero-order chi connectivity index (χ0) is 21.1. The molecule has 1 saturated heterocycles. The first-order valence-electron chi connectivity index (χ1n) is 10.5. The van der Waals surface area contributed by atoms with Crippen molar-refractivity contribution in [2.75, 3.05) is 47.3 Å². The van der Waals surface area contributed by atoms with Crippen molar-refractivity contribution >= 4 is 17.7 Å². The summed E-state index contributed by atoms with van der Waals surface area (Å²) in [5.74, 6) is 0.192. The first kappa shape index (κ1) is 22.8. The van der Waals surface area contributed by atoms with Crippen LogP contribution < -0.4 is 5.32 Å². The fourth-order valence-corrected chi connectivity index (χ4v) is 4.94. The first-order chi connectivity index (χ1) is 13.0. The van der Waals surface area contributed by atoms with Crippen molar-refractivity contribution in [2.45, 2.75) is 52.5 Å². The monoisotopic (exact) mass is 394 g/mol. The second-order valence-electron chi connectivity index (χ2n) is 9.62. The van der Waals surface area contributed by atoms with E-state index in [9.17, 15) is 14.4 Å². The Kier molecular flexibility index (Phi) is 7.62. The van der Waals surface area contributed by atoms with Crippen LogP contribution in [0.1, 0.15) is 46.5 Å². The van der Waals surface area contributed by atoms with Crippen molar-refractivity contribution in [3.63, 3.8) is 0 Å². The van der Waals surface area contributed by atoms with Gasteiger partial charge in [0.1, 0.15) is 5.78 Å². The minimum absolute atomic E-state index is 0.0810. The molecule has 0 radical (unpaired) electrons. The number of ketones is 1. The molecule has 7 nitrogen and oxygen atoms in total. The molecule has 160 valence electrons. The van der Waals surface area contributed by atoms with E-state index in [-0.39, 0.29) is 29.2 Å². The number of carbonyl (C=O) groups is 3. The quantitative estimate of drug-likeness (QED) is 0.744. The van der Waals surface area contributed by atoms with Crippen molar-refractivity contribution in [3.8, 4) is 0 Å². The maximum atomic E-state index is 13.1. The molecule has 1 aliphatic carbocycles. The number of hydrogen-bond acceptors (Lipinski definition) is 5. The van der Waals surface area contributed by atoms with Gasteiger partial charge in [0.25, 0.3) is 0 Å². The molecule has 0 aromatic carbocycles. The third-order valence-electron chi connectivity index (χ3n) is 6.05. The van der Waals surface area contributed by atoms with Crippen LogP contribution in [0.15, 0.2) is 0 Å². The Labute approximate surface area is 169 Å². The molecule has 2 aliphatic rings. The molecule has 1 aliphatic heterocycles. The SMILES string of the molecule is CCN(C(=O)NCC(C)(C)CN(C)C)C(=O)C1C[C@@H]2CC(=O)CC[C@H]2N(C)C1. The molecule has 1 unspecified atom stereocenters. The summed E-state index contributed by atoms with van der Waals surface area (Å²) in [7, 11) is 6.05. The topological polar surface area (TPSA) is 73.0 Å². The highest BCUT2D eigenvalue weighted by atomic mass is 16.2. The van der Waals surface area contributed by atoms with Gasteiger partial charge in [-0.3, -0.25) is 14.5 Å². The number of hydrogen-bond donors (Lipinski definition) is 1. The Bertz CT molecular complexity index is 590. The number of likely N-dealkylation sites (tertiary alicyclic amines) is 1. The lowest BCUT2D eigenvalue weighted by Crippen LogP contribution is -2.55. The molecule has 28 heavy (non-hydrogen) atoms.